The maximum Gasteiger partial charge on any atom is 0.217 e. The van der Waals surface area contributed by atoms with Crippen LogP contribution in [0.5, 0.6) is 0 Å². The van der Waals surface area contributed by atoms with E-state index in [4.69, 9.17) is 47.4 Å². The molecule has 7 aliphatic rings. The molecule has 26 N–H and O–H groups in total. The van der Waals surface area contributed by atoms with Crippen molar-refractivity contribution in [3.05, 3.63) is 0 Å². The normalized spacial score (nSPS) is 52.0. The van der Waals surface area contributed by atoms with Crippen molar-refractivity contribution < 1.29 is 180 Å². The number of nitrogens with one attached hydrogen (secondary N) is 2. The Balaban J connectivity index is 1.33. The summed E-state index contributed by atoms with van der Waals surface area (Å²) < 4.78 is 57.3. The van der Waals surface area contributed by atoms with Gasteiger partial charge in [0.25, 0.3) is 0 Å². The molecule has 0 spiro atoms. The molecule has 0 radical (unpaired) electrons. The summed E-state index contributed by atoms with van der Waals surface area (Å²) in [5.74, 6) is -1.75. The molecule has 4 unspecified atom stereocenters. The number of hydrogen-bond acceptors (Lipinski definition) is 36. The van der Waals surface area contributed by atoms with E-state index in [0.717, 1.165) is 13.8 Å². The topological polar surface area (TPSA) is 636 Å². The molecule has 37 atom stereocenters. The first-order valence-electron chi connectivity index (χ1n) is 26.6. The minimum atomic E-state index is -3.72. The van der Waals surface area contributed by atoms with Crippen LogP contribution in [0.4, 0.5) is 0 Å². The molecule has 0 saturated carbocycles. The quantitative estimate of drug-likeness (QED) is 0.0606. The predicted octanol–water partition coefficient (Wildman–Crippen LogP) is -17.8. The fourth-order valence-corrected chi connectivity index (χ4v) is 11.6. The summed E-state index contributed by atoms with van der Waals surface area (Å²) in [6, 6.07) is -3.59. The molecule has 7 heterocycles. The molecule has 38 nitrogen and oxygen atoms in total. The molecule has 7 fully saturated rings. The van der Waals surface area contributed by atoms with Crippen LogP contribution < -0.4 is 10.6 Å². The summed E-state index contributed by atoms with van der Waals surface area (Å²) in [4.78, 5) is 24.5. The third-order valence-electron chi connectivity index (χ3n) is 16.3. The van der Waals surface area contributed by atoms with Gasteiger partial charge in [-0.15, -0.1) is 0 Å². The number of carbonyl (C=O) groups is 2. The van der Waals surface area contributed by atoms with Crippen molar-refractivity contribution in [2.45, 2.75) is 240 Å². The van der Waals surface area contributed by atoms with E-state index in [2.05, 4.69) is 10.6 Å². The lowest BCUT2D eigenvalue weighted by Gasteiger charge is -2.57. The maximum absolute atomic E-state index is 12.7. The summed E-state index contributed by atoms with van der Waals surface area (Å²) in [6.45, 7) is -3.68. The first kappa shape index (κ1) is 69.1. The van der Waals surface area contributed by atoms with E-state index in [1.165, 1.54) is 0 Å². The SMILES string of the molecule is CC(=O)N[C@H]1[C@H](O[C@@H]2[C@@H](O[C@@H]3[C@H](O)[C@H](O[C@H]4[C@H](O)[C@@H](NC(C)=O)C(O)O[C@@H]4CO)O[C@H](C(O)C4O[C@H](C(O)[C@H]5O[C@H](CO)[C@@H](O)[C@H](O)[C@@H]5O)[C@@H](O)[C@@](O)([C@H]5O[C@H](CO)[C@@H](O)[C@H](O)[C@@H]5O)[C@@H]4O)[C@H]3O)O[C@H](CO)[C@@H](O)[C@@H]2O)O[C@H](CO)[C@@H](O)[C@@H]1O. The van der Waals surface area contributed by atoms with E-state index >= 15 is 0 Å². The second-order valence-corrected chi connectivity index (χ2v) is 21.7. The van der Waals surface area contributed by atoms with Gasteiger partial charge in [0.2, 0.25) is 11.8 Å². The molecule has 7 saturated heterocycles. The summed E-state index contributed by atoms with van der Waals surface area (Å²) >= 11 is 0. The number of aliphatic hydroxyl groups excluding tert-OH is 23. The van der Waals surface area contributed by atoms with Crippen LogP contribution in [0.15, 0.2) is 0 Å². The number of hydrogen-bond donors (Lipinski definition) is 26. The van der Waals surface area contributed by atoms with Gasteiger partial charge in [-0.05, 0) is 0 Å². The van der Waals surface area contributed by atoms with Crippen molar-refractivity contribution in [1.82, 2.24) is 10.6 Å². The van der Waals surface area contributed by atoms with Crippen LogP contribution in [0.1, 0.15) is 13.8 Å². The Morgan fingerprint density at radius 2 is 0.821 bits per heavy atom. The monoisotopic (exact) mass is 1230 g/mol. The molecule has 0 aromatic carbocycles. The van der Waals surface area contributed by atoms with Gasteiger partial charge in [-0.3, -0.25) is 9.59 Å². The van der Waals surface area contributed by atoms with Crippen LogP contribution in [0.3, 0.4) is 0 Å². The smallest absolute Gasteiger partial charge is 0.217 e. The lowest BCUT2D eigenvalue weighted by molar-refractivity contribution is -0.399. The highest BCUT2D eigenvalue weighted by Gasteiger charge is 2.69. The zero-order chi connectivity index (χ0) is 62.5. The van der Waals surface area contributed by atoms with Gasteiger partial charge in [-0.2, -0.15) is 0 Å². The fraction of sp³-hybridized carbons (Fsp3) is 0.957. The lowest BCUT2D eigenvalue weighted by atomic mass is 9.70. The zero-order valence-electron chi connectivity index (χ0n) is 44.5. The highest BCUT2D eigenvalue weighted by molar-refractivity contribution is 5.73. The van der Waals surface area contributed by atoms with E-state index in [0.29, 0.717) is 0 Å². The van der Waals surface area contributed by atoms with Gasteiger partial charge in [-0.1, -0.05) is 0 Å². The molecular weight excluding hydrogens is 1160 g/mol. The van der Waals surface area contributed by atoms with Gasteiger partial charge in [0, 0.05) is 13.8 Å². The fourth-order valence-electron chi connectivity index (χ4n) is 11.6. The number of rotatable bonds is 18. The average molecular weight is 1240 g/mol. The van der Waals surface area contributed by atoms with Crippen LogP contribution in [0.25, 0.3) is 0 Å². The Morgan fingerprint density at radius 3 is 1.35 bits per heavy atom. The molecular formula is C46H78N2O36. The van der Waals surface area contributed by atoms with E-state index in [-0.39, 0.29) is 0 Å². The molecule has 7 rings (SSSR count). The Labute approximate surface area is 474 Å². The third-order valence-corrected chi connectivity index (χ3v) is 16.3. The Bertz CT molecular complexity index is 2130. The van der Waals surface area contributed by atoms with Gasteiger partial charge in [0.1, 0.15) is 195 Å². The Hall–Kier alpha value is -2.42. The third kappa shape index (κ3) is 13.1. The van der Waals surface area contributed by atoms with E-state index < -0.39 is 271 Å². The number of ether oxygens (including phenoxy) is 10. The van der Waals surface area contributed by atoms with E-state index in [9.17, 15) is 132 Å². The molecule has 0 bridgehead atoms. The summed E-state index contributed by atoms with van der Waals surface area (Å²) in [5.41, 5.74) is -3.72. The first-order chi connectivity index (χ1) is 39.4. The van der Waals surface area contributed by atoms with Crippen LogP contribution in [0, 0.1) is 0 Å². The molecule has 84 heavy (non-hydrogen) atoms. The van der Waals surface area contributed by atoms with Crippen molar-refractivity contribution in [2.75, 3.05) is 33.0 Å². The number of carbonyl (C=O) groups excluding carboxylic acids is 2. The Morgan fingerprint density at radius 1 is 0.393 bits per heavy atom. The molecule has 38 heteroatoms. The molecule has 0 aromatic heterocycles. The molecule has 0 aliphatic carbocycles. The average Bonchev–Trinajstić information content (AvgIpc) is 0.927. The molecule has 488 valence electrons. The van der Waals surface area contributed by atoms with Gasteiger partial charge >= 0.3 is 0 Å². The van der Waals surface area contributed by atoms with Crippen molar-refractivity contribution in [3.8, 4) is 0 Å². The number of aliphatic hydroxyl groups is 24. The van der Waals surface area contributed by atoms with Crippen molar-refractivity contribution in [3.63, 3.8) is 0 Å². The van der Waals surface area contributed by atoms with Crippen molar-refractivity contribution in [2.24, 2.45) is 0 Å². The van der Waals surface area contributed by atoms with Crippen molar-refractivity contribution >= 4 is 11.8 Å². The Kier molecular flexibility index (Phi) is 23.2. The summed E-state index contributed by atoms with van der Waals surface area (Å²) in [6.07, 6.45) is -79.7. The maximum atomic E-state index is 12.7. The minimum absolute atomic E-state index is 0.872. The highest BCUT2D eigenvalue weighted by Crippen LogP contribution is 2.44. The standard InChI is InChI=1S/C46H78N2O36/c1-8(54)47-15-22(61)32(14(7-53)77-42(15)73)81-44-31(70)35(83-45-38(25(64)20(59)13(6-52)79-45)84-43-16(48-9(2)55)21(60)17(56)12(5-51)78-43)28(67)34(82-44)30(69)37-40(72)46(74,41-27(66)24(63)19(58)11(4-50)76-41)39(71)36(80-37)29(68)33-26(65)23(62)18(57)10(3-49)75-33/h10-45,49-53,56-74H,3-7H2,1-2H3,(H,47,54)(H,48,55)/t10-,11-,12-,13-,14-,15-,16-,17-,18-,19-,20-,21-,22-,23+,24+,25+,26+,27+,28-,29?,30?,31+,32-,33+,34+,35+,36-,37?,38+,39-,40-,41+,42?,43+,44-,45-,46+/m1/s1. The molecule has 7 aliphatic heterocycles. The summed E-state index contributed by atoms with van der Waals surface area (Å²) in [5, 5.41) is 273. The zero-order valence-corrected chi connectivity index (χ0v) is 44.5. The first-order valence-corrected chi connectivity index (χ1v) is 26.6. The second-order valence-electron chi connectivity index (χ2n) is 21.7. The van der Waals surface area contributed by atoms with Gasteiger partial charge < -0.3 is 181 Å². The highest BCUT2D eigenvalue weighted by atomic mass is 16.8. The van der Waals surface area contributed by atoms with E-state index in [1.807, 2.05) is 0 Å². The second kappa shape index (κ2) is 28.2. The molecule has 0 aromatic rings. The van der Waals surface area contributed by atoms with Crippen molar-refractivity contribution in [1.29, 1.82) is 0 Å². The van der Waals surface area contributed by atoms with Crippen LogP contribution in [-0.2, 0) is 57.0 Å². The van der Waals surface area contributed by atoms with Gasteiger partial charge in [0.05, 0.1) is 33.0 Å². The molecule has 2 amide bonds. The van der Waals surface area contributed by atoms with E-state index in [1.54, 1.807) is 0 Å². The van der Waals surface area contributed by atoms with Gasteiger partial charge in [0.15, 0.2) is 30.8 Å². The van der Waals surface area contributed by atoms with Crippen LogP contribution in [0.2, 0.25) is 0 Å². The van der Waals surface area contributed by atoms with Crippen LogP contribution in [-0.4, -0.2) is 393 Å². The largest absolute Gasteiger partial charge is 0.394 e. The minimum Gasteiger partial charge on any atom is -0.394 e. The lowest BCUT2D eigenvalue weighted by Crippen LogP contribution is -2.80. The summed E-state index contributed by atoms with van der Waals surface area (Å²) in [7, 11) is 0. The number of amides is 2. The van der Waals surface area contributed by atoms with Crippen LogP contribution >= 0.6 is 0 Å². The predicted molar refractivity (Wildman–Crippen MR) is 255 cm³/mol. The van der Waals surface area contributed by atoms with Gasteiger partial charge in [-0.25, -0.2) is 0 Å².